The summed E-state index contributed by atoms with van der Waals surface area (Å²) < 4.78 is 0.940. The van der Waals surface area contributed by atoms with Crippen molar-refractivity contribution in [2.75, 3.05) is 11.1 Å². The molecule has 0 aromatic heterocycles. The molecule has 3 N–H and O–H groups in total. The number of nitro groups is 1. The largest absolute Gasteiger partial charge is 0.393 e. The maximum atomic E-state index is 11.0. The number of nitrogens with one attached hydrogen (secondary N) is 1. The van der Waals surface area contributed by atoms with Gasteiger partial charge in [-0.15, -0.1) is 0 Å². The zero-order valence-corrected chi connectivity index (χ0v) is 10.8. The van der Waals surface area contributed by atoms with E-state index in [9.17, 15) is 10.1 Å². The topological polar surface area (TPSA) is 81.2 Å². The van der Waals surface area contributed by atoms with Crippen molar-refractivity contribution in [2.45, 2.75) is 0 Å². The summed E-state index contributed by atoms with van der Waals surface area (Å²) in [4.78, 5) is 10.5. The van der Waals surface area contributed by atoms with E-state index in [1.165, 1.54) is 6.07 Å². The molecule has 2 rings (SSSR count). The predicted molar refractivity (Wildman–Crippen MR) is 74.9 cm³/mol. The van der Waals surface area contributed by atoms with E-state index in [0.717, 1.165) is 10.2 Å². The summed E-state index contributed by atoms with van der Waals surface area (Å²) in [6.07, 6.45) is 0. The Bertz CT molecular complexity index is 584. The van der Waals surface area contributed by atoms with Gasteiger partial charge in [-0.25, -0.2) is 0 Å². The molecule has 0 bridgehead atoms. The van der Waals surface area contributed by atoms with E-state index in [4.69, 9.17) is 5.73 Å². The molecule has 0 aliphatic heterocycles. The molecule has 0 fully saturated rings. The van der Waals surface area contributed by atoms with Crippen LogP contribution in [0.25, 0.3) is 0 Å². The molecule has 0 saturated heterocycles. The van der Waals surface area contributed by atoms with Crippen LogP contribution in [0.2, 0.25) is 0 Å². The second kappa shape index (κ2) is 5.05. The normalized spacial score (nSPS) is 10.1. The van der Waals surface area contributed by atoms with Crippen LogP contribution in [0.5, 0.6) is 0 Å². The molecule has 18 heavy (non-hydrogen) atoms. The smallest absolute Gasteiger partial charge is 0.315 e. The highest BCUT2D eigenvalue weighted by molar-refractivity contribution is 9.10. The standard InChI is InChI=1S/C12H10BrN3O2/c13-8-4-6-9(7-5-8)15-11-3-1-2-10(14)12(11)16(17)18/h1-7,15H,14H2. The Morgan fingerprint density at radius 2 is 1.83 bits per heavy atom. The monoisotopic (exact) mass is 307 g/mol. The third kappa shape index (κ3) is 2.60. The van der Waals surface area contributed by atoms with Gasteiger partial charge in [0.25, 0.3) is 0 Å². The molecule has 0 spiro atoms. The van der Waals surface area contributed by atoms with E-state index in [1.54, 1.807) is 12.1 Å². The van der Waals surface area contributed by atoms with Crippen LogP contribution in [0.4, 0.5) is 22.7 Å². The summed E-state index contributed by atoms with van der Waals surface area (Å²) in [5.74, 6) is 0. The fourth-order valence-corrected chi connectivity index (χ4v) is 1.82. The highest BCUT2D eigenvalue weighted by Gasteiger charge is 2.17. The molecule has 0 saturated carbocycles. The molecular weight excluding hydrogens is 298 g/mol. The van der Waals surface area contributed by atoms with Crippen LogP contribution in [0.1, 0.15) is 0 Å². The molecule has 0 aliphatic carbocycles. The number of hydrogen-bond acceptors (Lipinski definition) is 4. The summed E-state index contributed by atoms with van der Waals surface area (Å²) in [5, 5.41) is 13.9. The minimum absolute atomic E-state index is 0.111. The fraction of sp³-hybridized carbons (Fsp3) is 0. The van der Waals surface area contributed by atoms with E-state index < -0.39 is 4.92 Å². The minimum Gasteiger partial charge on any atom is -0.393 e. The first kappa shape index (κ1) is 12.4. The van der Waals surface area contributed by atoms with E-state index >= 15 is 0 Å². The second-order valence-corrected chi connectivity index (χ2v) is 4.55. The van der Waals surface area contributed by atoms with Gasteiger partial charge in [-0.1, -0.05) is 22.0 Å². The predicted octanol–water partition coefficient (Wildman–Crippen LogP) is 3.68. The number of benzene rings is 2. The molecule has 5 nitrogen and oxygen atoms in total. The van der Waals surface area contributed by atoms with Crippen molar-refractivity contribution in [1.29, 1.82) is 0 Å². The fourth-order valence-electron chi connectivity index (χ4n) is 1.55. The van der Waals surface area contributed by atoms with Gasteiger partial charge in [0.15, 0.2) is 0 Å². The molecule has 2 aromatic carbocycles. The number of rotatable bonds is 3. The number of nitrogen functional groups attached to an aromatic ring is 1. The lowest BCUT2D eigenvalue weighted by molar-refractivity contribution is -0.383. The summed E-state index contributed by atoms with van der Waals surface area (Å²) in [5.41, 5.74) is 6.77. The van der Waals surface area contributed by atoms with Gasteiger partial charge in [0.1, 0.15) is 11.4 Å². The van der Waals surface area contributed by atoms with Gasteiger partial charge in [0.05, 0.1) is 4.92 Å². The van der Waals surface area contributed by atoms with Gasteiger partial charge in [-0.2, -0.15) is 0 Å². The molecule has 6 heteroatoms. The Morgan fingerprint density at radius 3 is 2.44 bits per heavy atom. The van der Waals surface area contributed by atoms with Gasteiger partial charge in [0, 0.05) is 10.2 Å². The maximum absolute atomic E-state index is 11.0. The quantitative estimate of drug-likeness (QED) is 0.515. The Labute approximate surface area is 112 Å². The van der Waals surface area contributed by atoms with Gasteiger partial charge < -0.3 is 11.1 Å². The Kier molecular flexibility index (Phi) is 3.47. The average Bonchev–Trinajstić information content (AvgIpc) is 2.32. The van der Waals surface area contributed by atoms with Gasteiger partial charge in [0.2, 0.25) is 0 Å². The van der Waals surface area contributed by atoms with Crippen molar-refractivity contribution in [3.05, 3.63) is 57.1 Å². The van der Waals surface area contributed by atoms with Crippen LogP contribution in [0.15, 0.2) is 46.9 Å². The zero-order chi connectivity index (χ0) is 13.1. The lowest BCUT2D eigenvalue weighted by Crippen LogP contribution is -2.00. The molecular formula is C12H10BrN3O2. The molecule has 0 heterocycles. The number of anilines is 3. The summed E-state index contributed by atoms with van der Waals surface area (Å²) in [6.45, 7) is 0. The summed E-state index contributed by atoms with van der Waals surface area (Å²) in [7, 11) is 0. The Balaban J connectivity index is 2.37. The Morgan fingerprint density at radius 1 is 1.17 bits per heavy atom. The van der Waals surface area contributed by atoms with Gasteiger partial charge in [-0.3, -0.25) is 10.1 Å². The highest BCUT2D eigenvalue weighted by atomic mass is 79.9. The van der Waals surface area contributed by atoms with Crippen molar-refractivity contribution < 1.29 is 4.92 Å². The lowest BCUT2D eigenvalue weighted by atomic mass is 10.2. The van der Waals surface area contributed by atoms with Crippen LogP contribution in [0, 0.1) is 10.1 Å². The third-order valence-corrected chi connectivity index (χ3v) is 2.90. The molecule has 0 unspecified atom stereocenters. The molecule has 2 aromatic rings. The Hall–Kier alpha value is -2.08. The number of halogens is 1. The molecule has 0 radical (unpaired) electrons. The minimum atomic E-state index is -0.490. The van der Waals surface area contributed by atoms with Crippen molar-refractivity contribution >= 4 is 38.7 Å². The highest BCUT2D eigenvalue weighted by Crippen LogP contribution is 2.32. The van der Waals surface area contributed by atoms with Gasteiger partial charge >= 0.3 is 5.69 Å². The SMILES string of the molecule is Nc1cccc(Nc2ccc(Br)cc2)c1[N+](=O)[O-]. The van der Waals surface area contributed by atoms with Crippen LogP contribution in [-0.4, -0.2) is 4.92 Å². The van der Waals surface area contributed by atoms with Crippen molar-refractivity contribution in [2.24, 2.45) is 0 Å². The van der Waals surface area contributed by atoms with E-state index in [1.807, 2.05) is 24.3 Å². The molecule has 92 valence electrons. The van der Waals surface area contributed by atoms with Crippen LogP contribution < -0.4 is 11.1 Å². The van der Waals surface area contributed by atoms with Crippen molar-refractivity contribution in [3.63, 3.8) is 0 Å². The van der Waals surface area contributed by atoms with Crippen LogP contribution >= 0.6 is 15.9 Å². The van der Waals surface area contributed by atoms with Crippen molar-refractivity contribution in [1.82, 2.24) is 0 Å². The summed E-state index contributed by atoms with van der Waals surface area (Å²) >= 11 is 3.32. The lowest BCUT2D eigenvalue weighted by Gasteiger charge is -2.08. The molecule has 0 aliphatic rings. The number of nitro benzene ring substituents is 1. The first-order chi connectivity index (χ1) is 8.58. The maximum Gasteiger partial charge on any atom is 0.315 e. The number of nitrogens with two attached hydrogens (primary N) is 1. The third-order valence-electron chi connectivity index (χ3n) is 2.37. The first-order valence-electron chi connectivity index (χ1n) is 5.13. The van der Waals surface area contributed by atoms with Gasteiger partial charge in [-0.05, 0) is 36.4 Å². The van der Waals surface area contributed by atoms with Crippen molar-refractivity contribution in [3.8, 4) is 0 Å². The van der Waals surface area contributed by atoms with E-state index in [-0.39, 0.29) is 11.4 Å². The zero-order valence-electron chi connectivity index (χ0n) is 9.26. The number of hydrogen-bond donors (Lipinski definition) is 2. The average molecular weight is 308 g/mol. The molecule has 0 amide bonds. The number of nitrogens with zero attached hydrogens (tertiary/aromatic N) is 1. The van der Waals surface area contributed by atoms with Crippen LogP contribution in [-0.2, 0) is 0 Å². The van der Waals surface area contributed by atoms with Crippen LogP contribution in [0.3, 0.4) is 0 Å². The summed E-state index contributed by atoms with van der Waals surface area (Å²) in [6, 6.07) is 12.1. The second-order valence-electron chi connectivity index (χ2n) is 3.63. The first-order valence-corrected chi connectivity index (χ1v) is 5.92. The van der Waals surface area contributed by atoms with E-state index in [2.05, 4.69) is 21.2 Å². The van der Waals surface area contributed by atoms with E-state index in [0.29, 0.717) is 5.69 Å². The number of para-hydroxylation sites is 1. The molecule has 0 atom stereocenters.